The van der Waals surface area contributed by atoms with Crippen molar-refractivity contribution in [2.24, 2.45) is 4.36 Å². The van der Waals surface area contributed by atoms with Crippen LogP contribution >= 0.6 is 11.6 Å². The van der Waals surface area contributed by atoms with Gasteiger partial charge in [0.15, 0.2) is 0 Å². The Morgan fingerprint density at radius 2 is 1.76 bits per heavy atom. The number of aromatic nitrogens is 4. The topological polar surface area (TPSA) is 111 Å². The molecule has 9 nitrogen and oxygen atoms in total. The van der Waals surface area contributed by atoms with Gasteiger partial charge in [-0.05, 0) is 79.4 Å². The van der Waals surface area contributed by atoms with E-state index in [1.54, 1.807) is 55.1 Å². The molecule has 0 saturated carbocycles. The van der Waals surface area contributed by atoms with E-state index in [0.29, 0.717) is 22.1 Å². The Morgan fingerprint density at radius 1 is 1.00 bits per heavy atom. The fourth-order valence-corrected chi connectivity index (χ4v) is 4.63. The molecule has 0 aliphatic heterocycles. The van der Waals surface area contributed by atoms with Crippen molar-refractivity contribution >= 4 is 38.7 Å². The molecular weight excluding hydrogens is 512 g/mol. The lowest BCUT2D eigenvalue weighted by Crippen LogP contribution is -2.42. The largest absolute Gasteiger partial charge is 0.359 e. The minimum Gasteiger partial charge on any atom is -0.325 e. The lowest BCUT2D eigenvalue weighted by atomic mass is 10.1. The molecule has 0 amide bonds. The molecule has 4 aromatic rings. The molecule has 0 aliphatic rings. The third-order valence-electron chi connectivity index (χ3n) is 5.61. The number of pyridine rings is 1. The molecule has 4 rings (SSSR count). The van der Waals surface area contributed by atoms with Gasteiger partial charge in [0, 0.05) is 39.1 Å². The van der Waals surface area contributed by atoms with Gasteiger partial charge < -0.3 is 5.32 Å². The van der Waals surface area contributed by atoms with E-state index in [1.807, 2.05) is 26.8 Å². The number of hydrogen-bond donors (Lipinski definition) is 1. The van der Waals surface area contributed by atoms with Gasteiger partial charge in [-0.2, -0.15) is 9.35 Å². The third-order valence-corrected chi connectivity index (χ3v) is 6.50. The van der Waals surface area contributed by atoms with Gasteiger partial charge in [0.05, 0.1) is 24.1 Å². The first-order valence-electron chi connectivity index (χ1n) is 11.4. The molecule has 37 heavy (non-hydrogen) atoms. The van der Waals surface area contributed by atoms with E-state index >= 15 is 0 Å². The van der Waals surface area contributed by atoms with Crippen LogP contribution in [-0.2, 0) is 16.3 Å². The summed E-state index contributed by atoms with van der Waals surface area (Å²) in [7, 11) is -2.32. The minimum absolute atomic E-state index is 0.0776. The zero-order valence-corrected chi connectivity index (χ0v) is 22.7. The SMILES string of the molecule is Cc1cncc(-n2c(=O)nc(Nc3ccc(N=S(C)(C)=O)cc3C)n(Cc3cc(Cl)ccc3C)c2=O)c1. The molecule has 2 heterocycles. The third kappa shape index (κ3) is 6.15. The Hall–Kier alpha value is -3.76. The summed E-state index contributed by atoms with van der Waals surface area (Å²) in [5.41, 5.74) is 3.52. The van der Waals surface area contributed by atoms with Crippen LogP contribution in [0.1, 0.15) is 22.3 Å². The molecule has 0 aliphatic carbocycles. The number of hydrogen-bond acceptors (Lipinski definition) is 7. The van der Waals surface area contributed by atoms with E-state index in [2.05, 4.69) is 19.6 Å². The van der Waals surface area contributed by atoms with Crippen molar-refractivity contribution < 1.29 is 4.21 Å². The maximum absolute atomic E-state index is 13.7. The molecule has 2 aromatic carbocycles. The number of aryl methyl sites for hydroxylation is 3. The first-order chi connectivity index (χ1) is 17.4. The summed E-state index contributed by atoms with van der Waals surface area (Å²) in [6.45, 7) is 5.72. The number of rotatable bonds is 6. The standard InChI is InChI=1S/C26H27ClN6O3S/c1-16-10-22(14-28-13-16)33-25(34)30-24(29-23-9-8-21(11-18(23)3)31-37(4,5)36)32(26(33)35)15-19-12-20(27)7-6-17(19)2/h6-14H,15H2,1-5H3,(H,29,30,34). The predicted octanol–water partition coefficient (Wildman–Crippen LogP) is 4.52. The number of nitrogens with one attached hydrogen (secondary N) is 1. The Bertz CT molecular complexity index is 1740. The summed E-state index contributed by atoms with van der Waals surface area (Å²) < 4.78 is 18.7. The average Bonchev–Trinajstić information content (AvgIpc) is 2.79. The summed E-state index contributed by atoms with van der Waals surface area (Å²) in [5.74, 6) is 0.0776. The van der Waals surface area contributed by atoms with Gasteiger partial charge in [-0.1, -0.05) is 17.7 Å². The first kappa shape index (κ1) is 26.3. The van der Waals surface area contributed by atoms with Crippen LogP contribution in [-0.4, -0.2) is 35.8 Å². The lowest BCUT2D eigenvalue weighted by Gasteiger charge is -2.18. The van der Waals surface area contributed by atoms with Gasteiger partial charge in [0.1, 0.15) is 0 Å². The molecule has 0 fully saturated rings. The highest BCUT2D eigenvalue weighted by molar-refractivity contribution is 7.92. The first-order valence-corrected chi connectivity index (χ1v) is 14.1. The van der Waals surface area contributed by atoms with Crippen LogP contribution in [0.25, 0.3) is 5.69 Å². The predicted molar refractivity (Wildman–Crippen MR) is 148 cm³/mol. The zero-order valence-electron chi connectivity index (χ0n) is 21.2. The second kappa shape index (κ2) is 10.3. The van der Waals surface area contributed by atoms with Crippen molar-refractivity contribution in [1.82, 2.24) is 19.1 Å². The maximum Gasteiger partial charge on any atom is 0.359 e. The smallest absolute Gasteiger partial charge is 0.325 e. The van der Waals surface area contributed by atoms with Crippen LogP contribution in [0.15, 0.2) is 68.8 Å². The fraction of sp³-hybridized carbons (Fsp3) is 0.231. The van der Waals surface area contributed by atoms with Crippen molar-refractivity contribution in [1.29, 1.82) is 0 Å². The van der Waals surface area contributed by atoms with Crippen molar-refractivity contribution in [3.63, 3.8) is 0 Å². The van der Waals surface area contributed by atoms with Crippen molar-refractivity contribution in [2.45, 2.75) is 27.3 Å². The van der Waals surface area contributed by atoms with Crippen LogP contribution in [0.5, 0.6) is 0 Å². The molecule has 0 atom stereocenters. The van der Waals surface area contributed by atoms with Crippen molar-refractivity contribution in [3.8, 4) is 5.69 Å². The zero-order chi connectivity index (χ0) is 26.9. The van der Waals surface area contributed by atoms with Crippen molar-refractivity contribution in [2.75, 3.05) is 17.8 Å². The maximum atomic E-state index is 13.7. The molecule has 0 saturated heterocycles. The molecule has 0 bridgehead atoms. The fourth-order valence-electron chi connectivity index (χ4n) is 3.81. The van der Waals surface area contributed by atoms with Gasteiger partial charge >= 0.3 is 11.4 Å². The monoisotopic (exact) mass is 538 g/mol. The Balaban J connectivity index is 1.88. The number of benzene rings is 2. The molecular formula is C26H27ClN6O3S. The molecule has 11 heteroatoms. The van der Waals surface area contributed by atoms with Crippen LogP contribution in [0.3, 0.4) is 0 Å². The molecule has 2 aromatic heterocycles. The van der Waals surface area contributed by atoms with E-state index in [-0.39, 0.29) is 12.5 Å². The molecule has 0 spiro atoms. The summed E-state index contributed by atoms with van der Waals surface area (Å²) in [6.07, 6.45) is 6.22. The van der Waals surface area contributed by atoms with Crippen LogP contribution in [0, 0.1) is 20.8 Å². The number of nitrogens with zero attached hydrogens (tertiary/aromatic N) is 5. The highest BCUT2D eigenvalue weighted by Gasteiger charge is 2.17. The minimum atomic E-state index is -2.32. The second-order valence-corrected chi connectivity index (χ2v) is 12.1. The van der Waals surface area contributed by atoms with Crippen LogP contribution in [0.2, 0.25) is 5.02 Å². The van der Waals surface area contributed by atoms with E-state index in [4.69, 9.17) is 11.6 Å². The van der Waals surface area contributed by atoms with E-state index in [9.17, 15) is 13.8 Å². The Morgan fingerprint density at radius 3 is 2.43 bits per heavy atom. The average molecular weight is 539 g/mol. The second-order valence-electron chi connectivity index (χ2n) is 9.11. The van der Waals surface area contributed by atoms with E-state index in [0.717, 1.165) is 26.8 Å². The van der Waals surface area contributed by atoms with E-state index < -0.39 is 21.1 Å². The van der Waals surface area contributed by atoms with Gasteiger partial charge in [0.25, 0.3) is 0 Å². The molecule has 1 N–H and O–H groups in total. The van der Waals surface area contributed by atoms with Gasteiger partial charge in [-0.15, -0.1) is 0 Å². The quantitative estimate of drug-likeness (QED) is 0.386. The Labute approximate surface area is 220 Å². The van der Waals surface area contributed by atoms with Crippen LogP contribution < -0.4 is 16.7 Å². The normalized spacial score (nSPS) is 11.4. The Kier molecular flexibility index (Phi) is 7.33. The summed E-state index contributed by atoms with van der Waals surface area (Å²) in [5, 5.41) is 3.67. The molecule has 192 valence electrons. The highest BCUT2D eigenvalue weighted by Crippen LogP contribution is 2.25. The summed E-state index contributed by atoms with van der Waals surface area (Å²) >= 11 is 6.23. The van der Waals surface area contributed by atoms with Gasteiger partial charge in [-0.25, -0.2) is 18.4 Å². The van der Waals surface area contributed by atoms with Crippen LogP contribution in [0.4, 0.5) is 17.3 Å². The summed E-state index contributed by atoms with van der Waals surface area (Å²) in [6, 6.07) is 12.4. The molecule has 0 unspecified atom stereocenters. The lowest BCUT2D eigenvalue weighted by molar-refractivity contribution is 0.655. The molecule has 0 radical (unpaired) electrons. The van der Waals surface area contributed by atoms with E-state index in [1.165, 1.54) is 10.8 Å². The van der Waals surface area contributed by atoms with Gasteiger partial charge in [0.2, 0.25) is 5.95 Å². The highest BCUT2D eigenvalue weighted by atomic mass is 35.5. The summed E-state index contributed by atoms with van der Waals surface area (Å²) in [4.78, 5) is 35.2. The number of anilines is 2. The van der Waals surface area contributed by atoms with Gasteiger partial charge in [-0.3, -0.25) is 9.55 Å². The van der Waals surface area contributed by atoms with Crippen molar-refractivity contribution in [3.05, 3.63) is 103 Å². The number of halogens is 1.